The summed E-state index contributed by atoms with van der Waals surface area (Å²) in [6, 6.07) is 3.42. The Morgan fingerprint density at radius 3 is 2.39 bits per heavy atom. The monoisotopic (exact) mass is 268 g/mol. The van der Waals surface area contributed by atoms with Crippen molar-refractivity contribution in [1.29, 1.82) is 0 Å². The SMILES string of the molecule is CC1=C(c2ccc(O)c(S(=O)(=O)O)c2)C(=O)N=N1. The maximum Gasteiger partial charge on any atom is 0.298 e. The third kappa shape index (κ3) is 2.03. The number of azo groups is 1. The highest BCUT2D eigenvalue weighted by Gasteiger charge is 2.23. The van der Waals surface area contributed by atoms with Crippen molar-refractivity contribution in [1.82, 2.24) is 0 Å². The van der Waals surface area contributed by atoms with E-state index in [2.05, 4.69) is 10.2 Å². The Kier molecular flexibility index (Phi) is 2.76. The van der Waals surface area contributed by atoms with E-state index in [-0.39, 0.29) is 11.1 Å². The number of hydrogen-bond acceptors (Lipinski definition) is 5. The number of amides is 1. The van der Waals surface area contributed by atoms with Gasteiger partial charge in [0, 0.05) is 0 Å². The first-order valence-corrected chi connectivity index (χ1v) is 6.22. The van der Waals surface area contributed by atoms with Crippen LogP contribution < -0.4 is 0 Å². The fourth-order valence-corrected chi connectivity index (χ4v) is 2.19. The van der Waals surface area contributed by atoms with Crippen molar-refractivity contribution in [3.05, 3.63) is 29.5 Å². The van der Waals surface area contributed by atoms with Gasteiger partial charge in [0.15, 0.2) is 0 Å². The molecule has 0 saturated carbocycles. The van der Waals surface area contributed by atoms with Crippen LogP contribution in [0.3, 0.4) is 0 Å². The molecule has 8 heteroatoms. The van der Waals surface area contributed by atoms with Crippen molar-refractivity contribution in [3.63, 3.8) is 0 Å². The zero-order valence-electron chi connectivity index (χ0n) is 9.15. The second kappa shape index (κ2) is 4.00. The molecule has 0 aromatic heterocycles. The van der Waals surface area contributed by atoms with E-state index >= 15 is 0 Å². The van der Waals surface area contributed by atoms with Crippen LogP contribution in [0.25, 0.3) is 5.57 Å². The number of carbonyl (C=O) groups is 1. The van der Waals surface area contributed by atoms with Gasteiger partial charge in [-0.05, 0) is 24.6 Å². The molecule has 0 radical (unpaired) electrons. The first-order valence-electron chi connectivity index (χ1n) is 4.78. The maximum atomic E-state index is 11.4. The van der Waals surface area contributed by atoms with Crippen molar-refractivity contribution in [2.75, 3.05) is 0 Å². The van der Waals surface area contributed by atoms with Crippen LogP contribution in [0, 0.1) is 0 Å². The summed E-state index contributed by atoms with van der Waals surface area (Å²) in [6.07, 6.45) is 0. The molecule has 0 spiro atoms. The molecule has 0 aliphatic carbocycles. The van der Waals surface area contributed by atoms with E-state index in [1.54, 1.807) is 6.92 Å². The number of rotatable bonds is 2. The quantitative estimate of drug-likeness (QED) is 0.785. The lowest BCUT2D eigenvalue weighted by atomic mass is 10.0. The van der Waals surface area contributed by atoms with Crippen molar-refractivity contribution in [3.8, 4) is 5.75 Å². The predicted molar refractivity (Wildman–Crippen MR) is 60.4 cm³/mol. The number of allylic oxidation sites excluding steroid dienone is 1. The van der Waals surface area contributed by atoms with Gasteiger partial charge in [0.25, 0.3) is 16.0 Å². The number of nitrogens with zero attached hydrogens (tertiary/aromatic N) is 2. The van der Waals surface area contributed by atoms with Crippen LogP contribution in [-0.2, 0) is 14.9 Å². The van der Waals surface area contributed by atoms with E-state index in [1.165, 1.54) is 6.07 Å². The summed E-state index contributed by atoms with van der Waals surface area (Å²) in [5, 5.41) is 16.3. The number of phenolic OH excluding ortho intramolecular Hbond substituents is 1. The molecule has 2 rings (SSSR count). The third-order valence-electron chi connectivity index (χ3n) is 2.39. The maximum absolute atomic E-state index is 11.4. The van der Waals surface area contributed by atoms with Gasteiger partial charge in [-0.3, -0.25) is 9.35 Å². The molecule has 1 heterocycles. The summed E-state index contributed by atoms with van der Waals surface area (Å²) in [6.45, 7) is 1.55. The molecule has 0 fully saturated rings. The van der Waals surface area contributed by atoms with Gasteiger partial charge in [0.05, 0.1) is 11.3 Å². The Hall–Kier alpha value is -2.06. The van der Waals surface area contributed by atoms with Gasteiger partial charge in [0.2, 0.25) is 0 Å². The summed E-state index contributed by atoms with van der Waals surface area (Å²) in [5.41, 5.74) is 0.694. The largest absolute Gasteiger partial charge is 0.506 e. The number of hydrogen-bond donors (Lipinski definition) is 2. The van der Waals surface area contributed by atoms with Crippen molar-refractivity contribution in [2.24, 2.45) is 10.2 Å². The minimum Gasteiger partial charge on any atom is -0.506 e. The number of aromatic hydroxyl groups is 1. The van der Waals surface area contributed by atoms with Gasteiger partial charge in [-0.25, -0.2) is 0 Å². The highest BCUT2D eigenvalue weighted by molar-refractivity contribution is 7.86. The summed E-state index contributed by atoms with van der Waals surface area (Å²) in [5.74, 6) is -1.20. The standard InChI is InChI=1S/C10H8N2O5S/c1-5-9(10(14)12-11-5)6-2-3-7(13)8(4-6)18(15,16)17/h2-4,13H,1H3,(H,15,16,17). The molecule has 0 unspecified atom stereocenters. The first-order chi connectivity index (χ1) is 8.30. The van der Waals surface area contributed by atoms with Crippen molar-refractivity contribution < 1.29 is 22.9 Å². The van der Waals surface area contributed by atoms with E-state index in [0.29, 0.717) is 5.70 Å². The van der Waals surface area contributed by atoms with Crippen LogP contribution in [0.15, 0.2) is 39.0 Å². The molecule has 1 amide bonds. The fourth-order valence-electron chi connectivity index (χ4n) is 1.58. The average molecular weight is 268 g/mol. The lowest BCUT2D eigenvalue weighted by Crippen LogP contribution is -2.01. The summed E-state index contributed by atoms with van der Waals surface area (Å²) in [4.78, 5) is 10.8. The zero-order chi connectivity index (χ0) is 13.5. The number of benzene rings is 1. The highest BCUT2D eigenvalue weighted by Crippen LogP contribution is 2.31. The Morgan fingerprint density at radius 2 is 1.89 bits per heavy atom. The Labute approximate surface area is 102 Å². The molecule has 0 atom stereocenters. The summed E-state index contributed by atoms with van der Waals surface area (Å²) >= 11 is 0. The zero-order valence-corrected chi connectivity index (χ0v) is 9.97. The molecular formula is C10H8N2O5S. The fraction of sp³-hybridized carbons (Fsp3) is 0.100. The average Bonchev–Trinajstić information content (AvgIpc) is 2.58. The number of phenols is 1. The van der Waals surface area contributed by atoms with Crippen molar-refractivity contribution >= 4 is 21.6 Å². The van der Waals surface area contributed by atoms with E-state index < -0.39 is 26.7 Å². The minimum atomic E-state index is -4.57. The summed E-state index contributed by atoms with van der Waals surface area (Å²) < 4.78 is 31.0. The van der Waals surface area contributed by atoms with Crippen LogP contribution >= 0.6 is 0 Å². The smallest absolute Gasteiger partial charge is 0.298 e. The molecule has 2 N–H and O–H groups in total. The van der Waals surface area contributed by atoms with E-state index in [4.69, 9.17) is 4.55 Å². The molecule has 1 aliphatic heterocycles. The molecule has 18 heavy (non-hydrogen) atoms. The van der Waals surface area contributed by atoms with E-state index in [9.17, 15) is 18.3 Å². The van der Waals surface area contributed by atoms with Crippen LogP contribution in [0.1, 0.15) is 12.5 Å². The highest BCUT2D eigenvalue weighted by atomic mass is 32.2. The molecule has 1 aromatic rings. The lowest BCUT2D eigenvalue weighted by molar-refractivity contribution is -0.112. The molecule has 0 bridgehead atoms. The normalized spacial score (nSPS) is 15.6. The van der Waals surface area contributed by atoms with E-state index in [0.717, 1.165) is 12.1 Å². The van der Waals surface area contributed by atoms with Crippen LogP contribution in [0.4, 0.5) is 0 Å². The third-order valence-corrected chi connectivity index (χ3v) is 3.28. The Morgan fingerprint density at radius 1 is 1.22 bits per heavy atom. The van der Waals surface area contributed by atoms with Crippen LogP contribution in [0.5, 0.6) is 5.75 Å². The predicted octanol–water partition coefficient (Wildman–Crippen LogP) is 1.36. The second-order valence-electron chi connectivity index (χ2n) is 3.62. The Balaban J connectivity index is 2.63. The van der Waals surface area contributed by atoms with Gasteiger partial charge in [-0.1, -0.05) is 6.07 Å². The molecule has 1 aromatic carbocycles. The molecule has 0 saturated heterocycles. The Bertz CT molecular complexity index is 703. The number of carbonyl (C=O) groups excluding carboxylic acids is 1. The van der Waals surface area contributed by atoms with Gasteiger partial charge in [-0.2, -0.15) is 13.5 Å². The van der Waals surface area contributed by atoms with Gasteiger partial charge < -0.3 is 5.11 Å². The molecule has 7 nitrogen and oxygen atoms in total. The van der Waals surface area contributed by atoms with E-state index in [1.807, 2.05) is 0 Å². The second-order valence-corrected chi connectivity index (χ2v) is 5.01. The van der Waals surface area contributed by atoms with Gasteiger partial charge in [-0.15, -0.1) is 5.11 Å². The first kappa shape index (κ1) is 12.4. The summed E-state index contributed by atoms with van der Waals surface area (Å²) in [7, 11) is -4.57. The van der Waals surface area contributed by atoms with Gasteiger partial charge >= 0.3 is 0 Å². The molecule has 1 aliphatic rings. The van der Waals surface area contributed by atoms with Crippen LogP contribution in [0.2, 0.25) is 0 Å². The molecular weight excluding hydrogens is 260 g/mol. The lowest BCUT2D eigenvalue weighted by Gasteiger charge is -2.05. The topological polar surface area (TPSA) is 116 Å². The van der Waals surface area contributed by atoms with Crippen molar-refractivity contribution in [2.45, 2.75) is 11.8 Å². The van der Waals surface area contributed by atoms with Gasteiger partial charge in [0.1, 0.15) is 10.6 Å². The molecule has 94 valence electrons. The van der Waals surface area contributed by atoms with Crippen LogP contribution in [-0.4, -0.2) is 24.0 Å². The minimum absolute atomic E-state index is 0.139.